The molecule has 2 aromatic heterocycles. The van der Waals surface area contributed by atoms with E-state index >= 15 is 0 Å². The molecule has 0 unspecified atom stereocenters. The van der Waals surface area contributed by atoms with Gasteiger partial charge in [0.15, 0.2) is 0 Å². The molecule has 0 aliphatic rings. The lowest BCUT2D eigenvalue weighted by Gasteiger charge is -1.93. The zero-order valence-electron chi connectivity index (χ0n) is 7.61. The van der Waals surface area contributed by atoms with Gasteiger partial charge in [0.05, 0.1) is 10.7 Å². The van der Waals surface area contributed by atoms with Crippen molar-refractivity contribution in [1.82, 2.24) is 4.98 Å². The molecule has 0 bridgehead atoms. The van der Waals surface area contributed by atoms with Crippen LogP contribution in [0.5, 0.6) is 0 Å². The molecule has 2 heterocycles. The van der Waals surface area contributed by atoms with Crippen LogP contribution in [0.4, 0.5) is 0 Å². The molecule has 2 nitrogen and oxygen atoms in total. The van der Waals surface area contributed by atoms with Gasteiger partial charge in [0.1, 0.15) is 0 Å². The summed E-state index contributed by atoms with van der Waals surface area (Å²) in [7, 11) is 0. The lowest BCUT2D eigenvalue weighted by Crippen LogP contribution is -1.99. The Morgan fingerprint density at radius 3 is 2.86 bits per heavy atom. The first-order valence-corrected chi connectivity index (χ1v) is 6.28. The maximum absolute atomic E-state index is 11.8. The molecule has 0 spiro atoms. The van der Waals surface area contributed by atoms with E-state index in [1.165, 1.54) is 11.3 Å². The summed E-state index contributed by atoms with van der Waals surface area (Å²) in [6.45, 7) is 0. The summed E-state index contributed by atoms with van der Waals surface area (Å²) in [5.41, 5.74) is 1.41. The number of hydrogen-bond acceptors (Lipinski definition) is 3. The zero-order chi connectivity index (χ0) is 9.97. The highest BCUT2D eigenvalue weighted by Crippen LogP contribution is 2.17. The van der Waals surface area contributed by atoms with Crippen LogP contribution in [0.15, 0.2) is 34.0 Å². The van der Waals surface area contributed by atoms with Crippen LogP contribution in [0.1, 0.15) is 16.1 Å². The molecule has 14 heavy (non-hydrogen) atoms. The molecule has 1 N–H and O–H groups in total. The van der Waals surface area contributed by atoms with Crippen molar-refractivity contribution in [3.63, 3.8) is 0 Å². The van der Waals surface area contributed by atoms with Crippen molar-refractivity contribution in [2.45, 2.75) is 5.03 Å². The Morgan fingerprint density at radius 2 is 2.29 bits per heavy atom. The van der Waals surface area contributed by atoms with Gasteiger partial charge in [-0.05, 0) is 29.8 Å². The van der Waals surface area contributed by atoms with Crippen molar-refractivity contribution in [3.8, 4) is 0 Å². The van der Waals surface area contributed by atoms with Crippen LogP contribution in [0, 0.1) is 0 Å². The fourth-order valence-electron chi connectivity index (χ4n) is 1.18. The van der Waals surface area contributed by atoms with E-state index < -0.39 is 0 Å². The highest BCUT2D eigenvalue weighted by atomic mass is 32.2. The van der Waals surface area contributed by atoms with Gasteiger partial charge < -0.3 is 4.98 Å². The maximum Gasteiger partial charge on any atom is 0.210 e. The molecule has 0 aliphatic carbocycles. The summed E-state index contributed by atoms with van der Waals surface area (Å²) in [6, 6.07) is 5.59. The molecule has 0 fully saturated rings. The number of hydrogen-bond donors (Lipinski definition) is 1. The number of thiophene rings is 1. The average molecular weight is 223 g/mol. The van der Waals surface area contributed by atoms with Gasteiger partial charge in [0, 0.05) is 10.9 Å². The van der Waals surface area contributed by atoms with E-state index in [1.54, 1.807) is 11.8 Å². The van der Waals surface area contributed by atoms with Gasteiger partial charge in [0.2, 0.25) is 5.78 Å². The van der Waals surface area contributed by atoms with E-state index in [1.807, 2.05) is 35.2 Å². The van der Waals surface area contributed by atoms with E-state index in [2.05, 4.69) is 4.98 Å². The second-order valence-electron chi connectivity index (χ2n) is 2.78. The number of rotatable bonds is 3. The van der Waals surface area contributed by atoms with E-state index in [-0.39, 0.29) is 5.78 Å². The predicted molar refractivity (Wildman–Crippen MR) is 60.3 cm³/mol. The molecular weight excluding hydrogens is 214 g/mol. The van der Waals surface area contributed by atoms with E-state index in [0.29, 0.717) is 5.69 Å². The van der Waals surface area contributed by atoms with Crippen molar-refractivity contribution in [2.24, 2.45) is 0 Å². The van der Waals surface area contributed by atoms with Gasteiger partial charge in [-0.25, -0.2) is 0 Å². The minimum absolute atomic E-state index is 0.0616. The second kappa shape index (κ2) is 4.02. The first-order chi connectivity index (χ1) is 6.81. The third kappa shape index (κ3) is 1.76. The summed E-state index contributed by atoms with van der Waals surface area (Å²) in [5.74, 6) is 0.0616. The van der Waals surface area contributed by atoms with Gasteiger partial charge in [-0.3, -0.25) is 4.79 Å². The number of H-pyrrole nitrogens is 1. The average Bonchev–Trinajstić information content (AvgIpc) is 2.88. The van der Waals surface area contributed by atoms with E-state index in [0.717, 1.165) is 10.6 Å². The lowest BCUT2D eigenvalue weighted by atomic mass is 10.2. The van der Waals surface area contributed by atoms with Crippen LogP contribution in [0.2, 0.25) is 0 Å². The molecule has 0 saturated carbocycles. The number of thioether (sulfide) groups is 1. The number of ketones is 1. The predicted octanol–water partition coefficient (Wildman–Crippen LogP) is 3.03. The van der Waals surface area contributed by atoms with Crippen LogP contribution in [0.25, 0.3) is 0 Å². The highest BCUT2D eigenvalue weighted by molar-refractivity contribution is 7.98. The third-order valence-electron chi connectivity index (χ3n) is 1.91. The lowest BCUT2D eigenvalue weighted by molar-refractivity contribution is 0.103. The normalized spacial score (nSPS) is 10.4. The van der Waals surface area contributed by atoms with E-state index in [9.17, 15) is 4.79 Å². The van der Waals surface area contributed by atoms with Crippen molar-refractivity contribution in [3.05, 3.63) is 40.2 Å². The minimum atomic E-state index is 0.0616. The molecule has 0 aromatic carbocycles. The number of aromatic nitrogens is 1. The molecular formula is C10H9NOS2. The van der Waals surface area contributed by atoms with E-state index in [4.69, 9.17) is 0 Å². The molecule has 72 valence electrons. The zero-order valence-corrected chi connectivity index (χ0v) is 9.24. The summed E-state index contributed by atoms with van der Waals surface area (Å²) in [4.78, 5) is 14.9. The van der Waals surface area contributed by atoms with Gasteiger partial charge in [-0.2, -0.15) is 11.3 Å². The smallest absolute Gasteiger partial charge is 0.210 e. The van der Waals surface area contributed by atoms with Crippen LogP contribution >= 0.6 is 23.1 Å². The Bertz CT molecular complexity index is 431. The number of nitrogens with one attached hydrogen (secondary N) is 1. The molecule has 0 atom stereocenters. The number of aromatic amines is 1. The maximum atomic E-state index is 11.8. The van der Waals surface area contributed by atoms with Gasteiger partial charge >= 0.3 is 0 Å². The first-order valence-electron chi connectivity index (χ1n) is 4.11. The molecule has 2 rings (SSSR count). The first kappa shape index (κ1) is 9.55. The Balaban J connectivity index is 2.28. The molecule has 0 saturated heterocycles. The van der Waals surface area contributed by atoms with Gasteiger partial charge in [0.25, 0.3) is 0 Å². The molecule has 2 aromatic rings. The molecule has 0 amide bonds. The Kier molecular flexibility index (Phi) is 2.74. The van der Waals surface area contributed by atoms with Crippen molar-refractivity contribution >= 4 is 28.9 Å². The van der Waals surface area contributed by atoms with Gasteiger partial charge in [-0.15, -0.1) is 11.8 Å². The monoisotopic (exact) mass is 223 g/mol. The molecule has 4 heteroatoms. The minimum Gasteiger partial charge on any atom is -0.347 e. The van der Waals surface area contributed by atoms with Gasteiger partial charge in [-0.1, -0.05) is 0 Å². The third-order valence-corrected chi connectivity index (χ3v) is 3.27. The fourth-order valence-corrected chi connectivity index (χ4v) is 2.23. The summed E-state index contributed by atoms with van der Waals surface area (Å²) < 4.78 is 0. The standard InChI is InChI=1S/C10H9NOS2/c1-13-9-3-2-8(11-9)10(12)7-4-5-14-6-7/h2-6,11H,1H3. The number of carbonyl (C=O) groups is 1. The van der Waals surface area contributed by atoms with Crippen LogP contribution in [-0.2, 0) is 0 Å². The van der Waals surface area contributed by atoms with Crippen molar-refractivity contribution < 1.29 is 4.79 Å². The van der Waals surface area contributed by atoms with Crippen LogP contribution in [0.3, 0.4) is 0 Å². The Labute approximate surface area is 90.4 Å². The summed E-state index contributed by atoms with van der Waals surface area (Å²) in [6.07, 6.45) is 1.98. The quantitative estimate of drug-likeness (QED) is 0.641. The van der Waals surface area contributed by atoms with Crippen LogP contribution in [-0.4, -0.2) is 17.0 Å². The second-order valence-corrected chi connectivity index (χ2v) is 4.41. The summed E-state index contributed by atoms with van der Waals surface area (Å²) in [5, 5.41) is 4.79. The summed E-state index contributed by atoms with van der Waals surface area (Å²) >= 11 is 3.13. The Hall–Kier alpha value is -1.00. The topological polar surface area (TPSA) is 32.9 Å². The van der Waals surface area contributed by atoms with Crippen molar-refractivity contribution in [2.75, 3.05) is 6.26 Å². The largest absolute Gasteiger partial charge is 0.347 e. The SMILES string of the molecule is CSc1ccc(C(=O)c2ccsc2)[nH]1. The molecule has 0 aliphatic heterocycles. The number of carbonyl (C=O) groups excluding carboxylic acids is 1. The fraction of sp³-hybridized carbons (Fsp3) is 0.100. The molecule has 0 radical (unpaired) electrons. The van der Waals surface area contributed by atoms with Crippen LogP contribution < -0.4 is 0 Å². The highest BCUT2D eigenvalue weighted by Gasteiger charge is 2.10. The Morgan fingerprint density at radius 1 is 1.43 bits per heavy atom. The van der Waals surface area contributed by atoms with Crippen molar-refractivity contribution in [1.29, 1.82) is 0 Å².